The molecule has 0 N–H and O–H groups in total. The summed E-state index contributed by atoms with van der Waals surface area (Å²) in [6, 6.07) is 0. The van der Waals surface area contributed by atoms with Crippen molar-refractivity contribution >= 4 is 0 Å². The van der Waals surface area contributed by atoms with Crippen molar-refractivity contribution < 1.29 is 0 Å². The number of unbranched alkanes of at least 4 members (excludes halogenated alkanes) is 1. The van der Waals surface area contributed by atoms with Crippen LogP contribution in [0.1, 0.15) is 53.4 Å². The normalized spacial score (nSPS) is 18.0. The summed E-state index contributed by atoms with van der Waals surface area (Å²) in [5.74, 6) is 0. The Labute approximate surface area is 76.4 Å². The first-order chi connectivity index (χ1) is 5.66. The molecule has 0 bridgehead atoms. The minimum Gasteiger partial charge on any atom is -0.0661 e. The zero-order valence-electron chi connectivity index (χ0n) is 8.83. The van der Waals surface area contributed by atoms with Gasteiger partial charge in [0.1, 0.15) is 0 Å². The van der Waals surface area contributed by atoms with E-state index in [1.807, 2.05) is 0 Å². The van der Waals surface area contributed by atoms with E-state index in [0.717, 1.165) is 0 Å². The van der Waals surface area contributed by atoms with Crippen LogP contribution in [0.3, 0.4) is 0 Å². The van der Waals surface area contributed by atoms with Gasteiger partial charge in [-0.05, 0) is 51.2 Å². The Bertz CT molecular complexity index is 228. The van der Waals surface area contributed by atoms with Gasteiger partial charge in [0.05, 0.1) is 0 Å². The van der Waals surface area contributed by atoms with Crippen LogP contribution in [0.15, 0.2) is 22.3 Å². The van der Waals surface area contributed by atoms with Gasteiger partial charge in [0, 0.05) is 0 Å². The van der Waals surface area contributed by atoms with Crippen LogP contribution >= 0.6 is 0 Å². The van der Waals surface area contributed by atoms with Crippen LogP contribution in [-0.2, 0) is 0 Å². The number of rotatable bonds is 3. The van der Waals surface area contributed by atoms with Gasteiger partial charge in [0.25, 0.3) is 0 Å². The van der Waals surface area contributed by atoms with Gasteiger partial charge < -0.3 is 0 Å². The third-order valence-corrected chi connectivity index (χ3v) is 2.92. The average Bonchev–Trinajstić information content (AvgIpc) is 2.25. The smallest absolute Gasteiger partial charge is 0.0102 e. The zero-order valence-corrected chi connectivity index (χ0v) is 8.83. The fraction of sp³-hybridized carbons (Fsp3) is 0.667. The summed E-state index contributed by atoms with van der Waals surface area (Å²) in [6.07, 6.45) is 5.18. The first-order valence-corrected chi connectivity index (χ1v) is 5.02. The Morgan fingerprint density at radius 1 is 1.08 bits per heavy atom. The Morgan fingerprint density at radius 2 is 1.75 bits per heavy atom. The molecule has 1 rings (SSSR count). The second-order valence-corrected chi connectivity index (χ2v) is 3.94. The maximum Gasteiger partial charge on any atom is -0.0102 e. The molecule has 0 nitrogen and oxygen atoms in total. The van der Waals surface area contributed by atoms with E-state index in [2.05, 4.69) is 27.7 Å². The van der Waals surface area contributed by atoms with Crippen LogP contribution < -0.4 is 0 Å². The third kappa shape index (κ3) is 1.80. The van der Waals surface area contributed by atoms with Crippen molar-refractivity contribution in [2.75, 3.05) is 0 Å². The molecule has 12 heavy (non-hydrogen) atoms. The third-order valence-electron chi connectivity index (χ3n) is 2.92. The van der Waals surface area contributed by atoms with E-state index in [4.69, 9.17) is 0 Å². The lowest BCUT2D eigenvalue weighted by Gasteiger charge is -2.04. The molecule has 0 spiro atoms. The lowest BCUT2D eigenvalue weighted by atomic mass is 10.0. The van der Waals surface area contributed by atoms with Gasteiger partial charge in [-0.15, -0.1) is 0 Å². The summed E-state index contributed by atoms with van der Waals surface area (Å²) >= 11 is 0. The van der Waals surface area contributed by atoms with Gasteiger partial charge in [-0.3, -0.25) is 0 Å². The lowest BCUT2D eigenvalue weighted by molar-refractivity contribution is 0.788. The van der Waals surface area contributed by atoms with Crippen molar-refractivity contribution in [3.63, 3.8) is 0 Å². The molecule has 0 radical (unpaired) electrons. The quantitative estimate of drug-likeness (QED) is 0.585. The maximum atomic E-state index is 2.28. The van der Waals surface area contributed by atoms with Crippen molar-refractivity contribution in [2.45, 2.75) is 53.4 Å². The Hall–Kier alpha value is -0.520. The molecular formula is C12H20. The van der Waals surface area contributed by atoms with Gasteiger partial charge in [-0.2, -0.15) is 0 Å². The molecule has 0 unspecified atom stereocenters. The highest BCUT2D eigenvalue weighted by Crippen LogP contribution is 2.34. The van der Waals surface area contributed by atoms with Crippen LogP contribution in [0.5, 0.6) is 0 Å². The van der Waals surface area contributed by atoms with Crippen LogP contribution in [0.4, 0.5) is 0 Å². The largest absolute Gasteiger partial charge is 0.0661 e. The van der Waals surface area contributed by atoms with Crippen molar-refractivity contribution in [3.8, 4) is 0 Å². The minimum atomic E-state index is 1.23. The molecule has 0 heterocycles. The Kier molecular flexibility index (Phi) is 3.13. The van der Waals surface area contributed by atoms with E-state index >= 15 is 0 Å². The highest BCUT2D eigenvalue weighted by Gasteiger charge is 2.14. The number of allylic oxidation sites excluding steroid dienone is 4. The molecule has 0 aliphatic heterocycles. The zero-order chi connectivity index (χ0) is 9.14. The minimum absolute atomic E-state index is 1.23. The van der Waals surface area contributed by atoms with E-state index in [1.54, 1.807) is 22.3 Å². The van der Waals surface area contributed by atoms with Gasteiger partial charge in [0.15, 0.2) is 0 Å². The van der Waals surface area contributed by atoms with Crippen molar-refractivity contribution in [3.05, 3.63) is 22.3 Å². The fourth-order valence-electron chi connectivity index (χ4n) is 1.97. The molecular weight excluding hydrogens is 144 g/mol. The van der Waals surface area contributed by atoms with Gasteiger partial charge in [0.2, 0.25) is 0 Å². The van der Waals surface area contributed by atoms with Crippen LogP contribution in [0, 0.1) is 0 Å². The van der Waals surface area contributed by atoms with E-state index in [0.29, 0.717) is 0 Å². The molecule has 0 atom stereocenters. The number of hydrogen-bond acceptors (Lipinski definition) is 0. The lowest BCUT2D eigenvalue weighted by Crippen LogP contribution is -1.85. The fourth-order valence-corrected chi connectivity index (χ4v) is 1.97. The summed E-state index contributed by atoms with van der Waals surface area (Å²) < 4.78 is 0. The van der Waals surface area contributed by atoms with E-state index in [1.165, 1.54) is 25.7 Å². The summed E-state index contributed by atoms with van der Waals surface area (Å²) in [6.45, 7) is 9.08. The topological polar surface area (TPSA) is 0 Å². The molecule has 0 aromatic heterocycles. The number of hydrogen-bond donors (Lipinski definition) is 0. The average molecular weight is 164 g/mol. The monoisotopic (exact) mass is 164 g/mol. The standard InChI is InChI=1S/C12H20/c1-5-6-7-12-10(3)8-9(2)11(12)4/h5-8H2,1-4H3. The van der Waals surface area contributed by atoms with E-state index < -0.39 is 0 Å². The predicted molar refractivity (Wildman–Crippen MR) is 55.2 cm³/mol. The molecule has 0 saturated heterocycles. The maximum absolute atomic E-state index is 2.28. The summed E-state index contributed by atoms with van der Waals surface area (Å²) in [4.78, 5) is 0. The summed E-state index contributed by atoms with van der Waals surface area (Å²) in [7, 11) is 0. The second-order valence-electron chi connectivity index (χ2n) is 3.94. The first kappa shape index (κ1) is 9.57. The highest BCUT2D eigenvalue weighted by atomic mass is 14.2. The van der Waals surface area contributed by atoms with Gasteiger partial charge in [-0.25, -0.2) is 0 Å². The van der Waals surface area contributed by atoms with Crippen molar-refractivity contribution in [1.29, 1.82) is 0 Å². The predicted octanol–water partition coefficient (Wildman–Crippen LogP) is 4.23. The van der Waals surface area contributed by atoms with E-state index in [9.17, 15) is 0 Å². The van der Waals surface area contributed by atoms with Crippen molar-refractivity contribution in [2.24, 2.45) is 0 Å². The van der Waals surface area contributed by atoms with Gasteiger partial charge >= 0.3 is 0 Å². The molecule has 0 aromatic carbocycles. The molecule has 0 heteroatoms. The Morgan fingerprint density at radius 3 is 2.17 bits per heavy atom. The van der Waals surface area contributed by atoms with Gasteiger partial charge in [-0.1, -0.05) is 24.5 Å². The van der Waals surface area contributed by atoms with Crippen LogP contribution in [-0.4, -0.2) is 0 Å². The molecule has 1 aliphatic carbocycles. The summed E-state index contributed by atoms with van der Waals surface area (Å²) in [5, 5.41) is 0. The Balaban J connectivity index is 2.67. The SMILES string of the molecule is CCCCC1=C(C)CC(C)=C1C. The molecule has 0 saturated carbocycles. The highest BCUT2D eigenvalue weighted by molar-refractivity contribution is 5.44. The molecule has 68 valence electrons. The summed E-state index contributed by atoms with van der Waals surface area (Å²) in [5.41, 5.74) is 6.41. The van der Waals surface area contributed by atoms with E-state index in [-0.39, 0.29) is 0 Å². The molecule has 0 aromatic rings. The molecule has 0 amide bonds. The van der Waals surface area contributed by atoms with Crippen molar-refractivity contribution in [1.82, 2.24) is 0 Å². The second kappa shape index (κ2) is 3.93. The molecule has 1 aliphatic rings. The van der Waals surface area contributed by atoms with Crippen LogP contribution in [0.2, 0.25) is 0 Å². The molecule has 0 fully saturated rings. The first-order valence-electron chi connectivity index (χ1n) is 5.02. The van der Waals surface area contributed by atoms with Crippen LogP contribution in [0.25, 0.3) is 0 Å².